The monoisotopic (exact) mass is 296 g/mol. The maximum atomic E-state index is 9.94. The summed E-state index contributed by atoms with van der Waals surface area (Å²) in [6, 6.07) is 7.15. The van der Waals surface area contributed by atoms with Gasteiger partial charge in [-0.2, -0.15) is 0 Å². The molecule has 1 aromatic rings. The Labute approximate surface area is 122 Å². The lowest BCUT2D eigenvalue weighted by atomic mass is 9.99. The van der Waals surface area contributed by atoms with Gasteiger partial charge in [-0.15, -0.1) is 0 Å². The van der Waals surface area contributed by atoms with Gasteiger partial charge >= 0.3 is 0 Å². The van der Waals surface area contributed by atoms with Crippen LogP contribution in [0.1, 0.15) is 12.5 Å². The number of benzene rings is 1. The van der Waals surface area contributed by atoms with E-state index in [0.717, 1.165) is 5.56 Å². The Hall–Kier alpha value is -1.44. The zero-order valence-electron chi connectivity index (χ0n) is 11.7. The van der Waals surface area contributed by atoms with E-state index in [9.17, 15) is 15.3 Å². The van der Waals surface area contributed by atoms with Crippen LogP contribution in [0.15, 0.2) is 30.3 Å². The van der Waals surface area contributed by atoms with Gasteiger partial charge in [-0.05, 0) is 13.0 Å². The van der Waals surface area contributed by atoms with Crippen molar-refractivity contribution in [3.8, 4) is 5.75 Å². The van der Waals surface area contributed by atoms with Crippen LogP contribution >= 0.6 is 0 Å². The molecule has 6 nitrogen and oxygen atoms in total. The molecule has 1 heterocycles. The van der Waals surface area contributed by atoms with Crippen LogP contribution in [0.4, 0.5) is 0 Å². The molecule has 5 atom stereocenters. The molecule has 0 spiro atoms. The number of hydrogen-bond donors (Lipinski definition) is 4. The molecule has 0 radical (unpaired) electrons. The van der Waals surface area contributed by atoms with Crippen LogP contribution in [-0.2, 0) is 4.74 Å². The Kier molecular flexibility index (Phi) is 5.33. The van der Waals surface area contributed by atoms with E-state index in [2.05, 4.69) is 0 Å². The molecule has 1 aliphatic heterocycles. The Morgan fingerprint density at radius 1 is 1.14 bits per heavy atom. The van der Waals surface area contributed by atoms with Gasteiger partial charge in [0.2, 0.25) is 6.29 Å². The predicted molar refractivity (Wildman–Crippen MR) is 75.5 cm³/mol. The molecule has 0 saturated carbocycles. The van der Waals surface area contributed by atoms with Gasteiger partial charge in [0.15, 0.2) is 0 Å². The summed E-state index contributed by atoms with van der Waals surface area (Å²) in [4.78, 5) is 0. The Balaban J connectivity index is 2.18. The third-order valence-electron chi connectivity index (χ3n) is 3.36. The van der Waals surface area contributed by atoms with Gasteiger partial charge in [0.05, 0.1) is 6.61 Å². The van der Waals surface area contributed by atoms with Gasteiger partial charge in [-0.1, -0.05) is 30.4 Å². The highest BCUT2D eigenvalue weighted by atomic mass is 16.7. The lowest BCUT2D eigenvalue weighted by Crippen LogP contribution is -2.60. The predicted octanol–water partition coefficient (Wildman–Crippen LogP) is -0.102. The van der Waals surface area contributed by atoms with Crippen LogP contribution < -0.4 is 4.74 Å². The topological polar surface area (TPSA) is 99.4 Å². The van der Waals surface area contributed by atoms with Crippen LogP contribution in [0, 0.1) is 0 Å². The van der Waals surface area contributed by atoms with E-state index in [-0.39, 0.29) is 0 Å². The van der Waals surface area contributed by atoms with E-state index in [0.29, 0.717) is 5.75 Å². The molecule has 21 heavy (non-hydrogen) atoms. The smallest absolute Gasteiger partial charge is 0.229 e. The number of rotatable bonds is 4. The molecule has 1 aromatic carbocycles. The minimum Gasteiger partial charge on any atom is -0.461 e. The fourth-order valence-electron chi connectivity index (χ4n) is 2.19. The third kappa shape index (κ3) is 3.42. The molecule has 0 aromatic heterocycles. The number of ether oxygens (including phenoxy) is 2. The number of aliphatic hydroxyl groups is 4. The van der Waals surface area contributed by atoms with Crippen LogP contribution in [0.3, 0.4) is 0 Å². The van der Waals surface area contributed by atoms with Gasteiger partial charge in [0, 0.05) is 5.56 Å². The molecular formula is C15H20O6. The number of allylic oxidation sites excluding steroid dienone is 1. The third-order valence-corrected chi connectivity index (χ3v) is 3.36. The maximum absolute atomic E-state index is 9.94. The molecule has 1 unspecified atom stereocenters. The van der Waals surface area contributed by atoms with E-state index in [4.69, 9.17) is 14.6 Å². The summed E-state index contributed by atoms with van der Waals surface area (Å²) in [5.74, 6) is 0.472. The molecule has 116 valence electrons. The Morgan fingerprint density at radius 3 is 2.52 bits per heavy atom. The number of para-hydroxylation sites is 1. The van der Waals surface area contributed by atoms with E-state index < -0.39 is 37.3 Å². The van der Waals surface area contributed by atoms with E-state index >= 15 is 0 Å². The van der Waals surface area contributed by atoms with E-state index in [1.807, 2.05) is 31.2 Å². The molecule has 0 aliphatic carbocycles. The molecule has 2 rings (SSSR count). The second-order valence-electron chi connectivity index (χ2n) is 4.85. The van der Waals surface area contributed by atoms with Crippen LogP contribution in [0.25, 0.3) is 6.08 Å². The fourth-order valence-corrected chi connectivity index (χ4v) is 2.19. The molecule has 1 aliphatic rings. The highest BCUT2D eigenvalue weighted by Crippen LogP contribution is 2.27. The average molecular weight is 296 g/mol. The highest BCUT2D eigenvalue weighted by molar-refractivity contribution is 5.56. The molecule has 1 saturated heterocycles. The summed E-state index contributed by atoms with van der Waals surface area (Å²) in [5, 5.41) is 38.5. The fraction of sp³-hybridized carbons (Fsp3) is 0.467. The summed E-state index contributed by atoms with van der Waals surface area (Å²) in [7, 11) is 0. The standard InChI is InChI=1S/C15H20O6/c1-2-5-9-6-3-4-7-10(9)20-15-14(19)13(18)12(17)11(8-16)21-15/h2-7,11-19H,8H2,1H3/t11-,12-,13+,14-,15?/m1/s1. The first kappa shape index (κ1) is 15.9. The number of hydrogen-bond acceptors (Lipinski definition) is 6. The number of aliphatic hydroxyl groups excluding tert-OH is 4. The Morgan fingerprint density at radius 2 is 1.86 bits per heavy atom. The first-order valence-electron chi connectivity index (χ1n) is 6.77. The second kappa shape index (κ2) is 7.02. The van der Waals surface area contributed by atoms with Gasteiger partial charge in [0.25, 0.3) is 0 Å². The largest absolute Gasteiger partial charge is 0.461 e. The summed E-state index contributed by atoms with van der Waals surface area (Å²) in [6.45, 7) is 1.38. The highest BCUT2D eigenvalue weighted by Gasteiger charge is 2.44. The van der Waals surface area contributed by atoms with Crippen molar-refractivity contribution in [2.24, 2.45) is 0 Å². The van der Waals surface area contributed by atoms with Crippen molar-refractivity contribution in [1.82, 2.24) is 0 Å². The first-order chi connectivity index (χ1) is 10.1. The van der Waals surface area contributed by atoms with Gasteiger partial charge < -0.3 is 29.9 Å². The van der Waals surface area contributed by atoms with Gasteiger partial charge in [0.1, 0.15) is 30.2 Å². The van der Waals surface area contributed by atoms with Crippen molar-refractivity contribution in [2.45, 2.75) is 37.6 Å². The molecule has 6 heteroatoms. The van der Waals surface area contributed by atoms with Crippen LogP contribution in [-0.4, -0.2) is 57.7 Å². The van der Waals surface area contributed by atoms with Gasteiger partial charge in [-0.25, -0.2) is 0 Å². The van der Waals surface area contributed by atoms with Crippen molar-refractivity contribution < 1.29 is 29.9 Å². The van der Waals surface area contributed by atoms with Crippen LogP contribution in [0.5, 0.6) is 5.75 Å². The Bertz CT molecular complexity index is 487. The van der Waals surface area contributed by atoms with Crippen molar-refractivity contribution in [3.05, 3.63) is 35.9 Å². The summed E-state index contributed by atoms with van der Waals surface area (Å²) < 4.78 is 10.9. The first-order valence-corrected chi connectivity index (χ1v) is 6.77. The van der Waals surface area contributed by atoms with Crippen molar-refractivity contribution in [3.63, 3.8) is 0 Å². The normalized spacial score (nSPS) is 33.3. The van der Waals surface area contributed by atoms with Crippen molar-refractivity contribution in [2.75, 3.05) is 6.61 Å². The molecule has 0 amide bonds. The zero-order chi connectivity index (χ0) is 15.4. The zero-order valence-corrected chi connectivity index (χ0v) is 11.7. The minimum absolute atomic E-state index is 0.472. The lowest BCUT2D eigenvalue weighted by Gasteiger charge is -2.39. The molecule has 4 N–H and O–H groups in total. The second-order valence-corrected chi connectivity index (χ2v) is 4.85. The summed E-state index contributed by atoms with van der Waals surface area (Å²) >= 11 is 0. The van der Waals surface area contributed by atoms with E-state index in [1.54, 1.807) is 12.1 Å². The van der Waals surface area contributed by atoms with Crippen molar-refractivity contribution >= 4 is 6.08 Å². The molecule has 1 fully saturated rings. The lowest BCUT2D eigenvalue weighted by molar-refractivity contribution is -0.277. The van der Waals surface area contributed by atoms with E-state index in [1.165, 1.54) is 0 Å². The quantitative estimate of drug-likeness (QED) is 0.619. The van der Waals surface area contributed by atoms with Crippen LogP contribution in [0.2, 0.25) is 0 Å². The summed E-state index contributed by atoms with van der Waals surface area (Å²) in [6.07, 6.45) is -2.74. The van der Waals surface area contributed by atoms with Crippen molar-refractivity contribution in [1.29, 1.82) is 0 Å². The SMILES string of the molecule is CC=Cc1ccccc1OC1O[C@H](CO)[C@@H](O)[C@H](O)[C@H]1O. The minimum atomic E-state index is -1.45. The van der Waals surface area contributed by atoms with Gasteiger partial charge in [-0.3, -0.25) is 0 Å². The average Bonchev–Trinajstić information content (AvgIpc) is 2.50. The maximum Gasteiger partial charge on any atom is 0.229 e. The molecular weight excluding hydrogens is 276 g/mol. The summed E-state index contributed by atoms with van der Waals surface area (Å²) in [5.41, 5.74) is 0.789. The molecule has 0 bridgehead atoms.